The van der Waals surface area contributed by atoms with Crippen molar-refractivity contribution in [2.24, 2.45) is 0 Å². The Morgan fingerprint density at radius 3 is 2.62 bits per heavy atom. The lowest BCUT2D eigenvalue weighted by molar-refractivity contribution is -0.305. The number of unbranched alkanes of at least 4 members (excludes halogenated alkanes) is 2. The van der Waals surface area contributed by atoms with E-state index in [1.165, 1.54) is 11.8 Å². The van der Waals surface area contributed by atoms with Crippen LogP contribution in [0.3, 0.4) is 0 Å². The highest BCUT2D eigenvalue weighted by Crippen LogP contribution is 2.34. The summed E-state index contributed by atoms with van der Waals surface area (Å²) >= 11 is 6.56. The molecule has 1 fully saturated rings. The lowest BCUT2D eigenvalue weighted by atomic mass is 10.1. The standard InChI is InChI=1S/C18H21NO5S2/c1-23-13-8-7-12(10-14(13)24-2)11-15-17(22)19(18(25)26-15)9-5-3-4-6-16(20)21/h7-8,10-11H,3-6,9H2,1-2H3,(H,20,21)/p-1/b15-11+. The Morgan fingerprint density at radius 1 is 1.23 bits per heavy atom. The van der Waals surface area contributed by atoms with Crippen LogP contribution >= 0.6 is 24.0 Å². The van der Waals surface area contributed by atoms with Crippen LogP contribution in [0.5, 0.6) is 11.5 Å². The first-order valence-electron chi connectivity index (χ1n) is 8.13. The minimum atomic E-state index is -1.05. The summed E-state index contributed by atoms with van der Waals surface area (Å²) in [6.45, 7) is 0.487. The Morgan fingerprint density at radius 2 is 1.96 bits per heavy atom. The number of thioether (sulfide) groups is 1. The van der Waals surface area contributed by atoms with Gasteiger partial charge in [-0.25, -0.2) is 0 Å². The summed E-state index contributed by atoms with van der Waals surface area (Å²) in [6, 6.07) is 5.42. The first kappa shape index (κ1) is 20.3. The third-order valence-electron chi connectivity index (χ3n) is 3.84. The van der Waals surface area contributed by atoms with Crippen molar-refractivity contribution < 1.29 is 24.2 Å². The van der Waals surface area contributed by atoms with Crippen LogP contribution in [0.4, 0.5) is 0 Å². The monoisotopic (exact) mass is 394 g/mol. The number of aliphatic carboxylic acids is 1. The van der Waals surface area contributed by atoms with E-state index in [4.69, 9.17) is 21.7 Å². The number of ether oxygens (including phenoxy) is 2. The third kappa shape index (κ3) is 5.22. The minimum absolute atomic E-state index is 0.0393. The van der Waals surface area contributed by atoms with E-state index in [-0.39, 0.29) is 12.3 Å². The molecule has 1 aromatic rings. The number of hydrogen-bond acceptors (Lipinski definition) is 7. The van der Waals surface area contributed by atoms with Crippen LogP contribution in [0, 0.1) is 0 Å². The summed E-state index contributed by atoms with van der Waals surface area (Å²) in [4.78, 5) is 25.1. The van der Waals surface area contributed by atoms with Gasteiger partial charge in [-0.3, -0.25) is 9.69 Å². The fourth-order valence-corrected chi connectivity index (χ4v) is 3.81. The Hall–Kier alpha value is -2.06. The lowest BCUT2D eigenvalue weighted by Crippen LogP contribution is -2.29. The Labute approximate surface area is 162 Å². The van der Waals surface area contributed by atoms with Gasteiger partial charge in [-0.15, -0.1) is 0 Å². The molecular formula is C18H20NO5S2-. The van der Waals surface area contributed by atoms with Gasteiger partial charge in [0.05, 0.1) is 19.1 Å². The molecule has 6 nitrogen and oxygen atoms in total. The molecule has 0 bridgehead atoms. The van der Waals surface area contributed by atoms with Gasteiger partial charge in [0.25, 0.3) is 5.91 Å². The van der Waals surface area contributed by atoms with Gasteiger partial charge in [-0.2, -0.15) is 0 Å². The largest absolute Gasteiger partial charge is 0.550 e. The smallest absolute Gasteiger partial charge is 0.266 e. The molecule has 1 amide bonds. The van der Waals surface area contributed by atoms with Crippen molar-refractivity contribution in [3.05, 3.63) is 28.7 Å². The highest BCUT2D eigenvalue weighted by molar-refractivity contribution is 8.26. The van der Waals surface area contributed by atoms with Crippen molar-refractivity contribution in [1.82, 2.24) is 4.90 Å². The van der Waals surface area contributed by atoms with Crippen molar-refractivity contribution in [1.29, 1.82) is 0 Å². The van der Waals surface area contributed by atoms with E-state index in [1.807, 2.05) is 6.07 Å². The number of amides is 1. The van der Waals surface area contributed by atoms with E-state index in [2.05, 4.69) is 0 Å². The normalized spacial score (nSPS) is 15.6. The zero-order valence-electron chi connectivity index (χ0n) is 14.6. The molecule has 0 aliphatic carbocycles. The van der Waals surface area contributed by atoms with Gasteiger partial charge in [0.15, 0.2) is 11.5 Å². The highest BCUT2D eigenvalue weighted by Gasteiger charge is 2.31. The summed E-state index contributed by atoms with van der Waals surface area (Å²) in [6.07, 6.45) is 3.76. The van der Waals surface area contributed by atoms with Gasteiger partial charge in [0.1, 0.15) is 4.32 Å². The number of carbonyl (C=O) groups excluding carboxylic acids is 2. The second kappa shape index (κ2) is 9.59. The SMILES string of the molecule is COc1ccc(/C=C2/SC(=S)N(CCCCCC(=O)[O-])C2=O)cc1OC. The van der Waals surface area contributed by atoms with Crippen molar-refractivity contribution in [3.63, 3.8) is 0 Å². The first-order chi connectivity index (χ1) is 12.5. The first-order valence-corrected chi connectivity index (χ1v) is 9.36. The number of thiocarbonyl (C=S) groups is 1. The van der Waals surface area contributed by atoms with Crippen LogP contribution in [0.1, 0.15) is 31.2 Å². The molecule has 0 saturated carbocycles. The number of rotatable bonds is 9. The average Bonchev–Trinajstić information content (AvgIpc) is 2.88. The maximum atomic E-state index is 12.6. The van der Waals surface area contributed by atoms with Gasteiger partial charge in [0, 0.05) is 12.5 Å². The van der Waals surface area contributed by atoms with Gasteiger partial charge in [-0.05, 0) is 43.0 Å². The number of benzene rings is 1. The molecule has 0 N–H and O–H groups in total. The minimum Gasteiger partial charge on any atom is -0.550 e. The molecule has 0 spiro atoms. The summed E-state index contributed by atoms with van der Waals surface area (Å²) in [7, 11) is 3.12. The van der Waals surface area contributed by atoms with Crippen molar-refractivity contribution in [2.45, 2.75) is 25.7 Å². The van der Waals surface area contributed by atoms with Gasteiger partial charge in [-0.1, -0.05) is 36.5 Å². The molecule has 26 heavy (non-hydrogen) atoms. The highest BCUT2D eigenvalue weighted by atomic mass is 32.2. The van der Waals surface area contributed by atoms with E-state index in [1.54, 1.807) is 37.3 Å². The Kier molecular flexibility index (Phi) is 7.47. The molecule has 140 valence electrons. The number of methoxy groups -OCH3 is 2. The number of hydrogen-bond donors (Lipinski definition) is 0. The summed E-state index contributed by atoms with van der Waals surface area (Å²) in [5.74, 6) is 0.0292. The van der Waals surface area contributed by atoms with Crippen LogP contribution in [-0.4, -0.2) is 41.9 Å². The molecule has 0 unspecified atom stereocenters. The fourth-order valence-electron chi connectivity index (χ4n) is 2.50. The zero-order valence-corrected chi connectivity index (χ0v) is 16.3. The predicted octanol–water partition coefficient (Wildman–Crippen LogP) is 2.22. The fraction of sp³-hybridized carbons (Fsp3) is 0.389. The summed E-state index contributed by atoms with van der Waals surface area (Å²) < 4.78 is 11.0. The van der Waals surface area contributed by atoms with E-state index in [9.17, 15) is 14.7 Å². The second-order valence-electron chi connectivity index (χ2n) is 5.63. The number of nitrogens with zero attached hydrogens (tertiary/aromatic N) is 1. The quantitative estimate of drug-likeness (QED) is 0.361. The Balaban J connectivity index is 2.01. The van der Waals surface area contributed by atoms with E-state index in [0.29, 0.717) is 46.5 Å². The van der Waals surface area contributed by atoms with E-state index >= 15 is 0 Å². The van der Waals surface area contributed by atoms with Crippen LogP contribution < -0.4 is 14.6 Å². The zero-order chi connectivity index (χ0) is 19.1. The van der Waals surface area contributed by atoms with Gasteiger partial charge in [0.2, 0.25) is 0 Å². The third-order valence-corrected chi connectivity index (χ3v) is 5.22. The number of carboxylic acid groups (broad SMARTS) is 1. The van der Waals surface area contributed by atoms with E-state index in [0.717, 1.165) is 5.56 Å². The van der Waals surface area contributed by atoms with Crippen molar-refractivity contribution >= 4 is 46.3 Å². The molecule has 2 rings (SSSR count). The number of carbonyl (C=O) groups is 2. The molecule has 0 radical (unpaired) electrons. The summed E-state index contributed by atoms with van der Waals surface area (Å²) in [5, 5.41) is 10.4. The molecule has 8 heteroatoms. The molecule has 1 aromatic carbocycles. The van der Waals surface area contributed by atoms with Gasteiger partial charge < -0.3 is 19.4 Å². The maximum Gasteiger partial charge on any atom is 0.266 e. The van der Waals surface area contributed by atoms with Crippen LogP contribution in [0.15, 0.2) is 23.1 Å². The van der Waals surface area contributed by atoms with Crippen molar-refractivity contribution in [2.75, 3.05) is 20.8 Å². The van der Waals surface area contributed by atoms with Crippen LogP contribution in [0.25, 0.3) is 6.08 Å². The molecule has 0 aromatic heterocycles. The molecule has 1 saturated heterocycles. The topological polar surface area (TPSA) is 78.9 Å². The van der Waals surface area contributed by atoms with Crippen molar-refractivity contribution in [3.8, 4) is 11.5 Å². The number of carboxylic acids is 1. The lowest BCUT2D eigenvalue weighted by Gasteiger charge is -2.14. The van der Waals surface area contributed by atoms with Gasteiger partial charge >= 0.3 is 0 Å². The van der Waals surface area contributed by atoms with Crippen LogP contribution in [0.2, 0.25) is 0 Å². The Bertz CT molecular complexity index is 732. The molecule has 1 heterocycles. The molecule has 1 aliphatic heterocycles. The predicted molar refractivity (Wildman–Crippen MR) is 103 cm³/mol. The van der Waals surface area contributed by atoms with E-state index < -0.39 is 5.97 Å². The molecule has 0 atom stereocenters. The molecular weight excluding hydrogens is 374 g/mol. The summed E-state index contributed by atoms with van der Waals surface area (Å²) in [5.41, 5.74) is 0.817. The average molecular weight is 394 g/mol. The van der Waals surface area contributed by atoms with Crippen LogP contribution in [-0.2, 0) is 9.59 Å². The molecule has 1 aliphatic rings. The maximum absolute atomic E-state index is 12.6. The second-order valence-corrected chi connectivity index (χ2v) is 7.31.